The fraction of sp³-hybridized carbons (Fsp3) is 0.467. The SMILES string of the molecule is C=C(O)c1sc(C2=CCN(C(=O)OCc3ccccc3)CC2)cc1N(C(=O)C1CCC(C)CC1)C(C)OC. The molecule has 4 rings (SSSR count). The summed E-state index contributed by atoms with van der Waals surface area (Å²) in [5.74, 6) is 0.540. The molecule has 2 aromatic rings. The van der Waals surface area contributed by atoms with Crippen molar-refractivity contribution in [3.8, 4) is 0 Å². The molecule has 1 N–H and O–H groups in total. The molecule has 2 aliphatic rings. The highest BCUT2D eigenvalue weighted by Gasteiger charge is 2.34. The Kier molecular flexibility index (Phi) is 9.28. The minimum Gasteiger partial charge on any atom is -0.507 e. The van der Waals surface area contributed by atoms with Gasteiger partial charge in [0.2, 0.25) is 5.91 Å². The van der Waals surface area contributed by atoms with Gasteiger partial charge in [0.25, 0.3) is 0 Å². The number of methoxy groups -OCH3 is 1. The first-order valence-corrected chi connectivity index (χ1v) is 14.1. The van der Waals surface area contributed by atoms with E-state index < -0.39 is 6.23 Å². The van der Waals surface area contributed by atoms with E-state index in [1.807, 2.05) is 49.4 Å². The molecule has 1 aromatic heterocycles. The second kappa shape index (κ2) is 12.6. The number of amides is 2. The van der Waals surface area contributed by atoms with Gasteiger partial charge in [0.1, 0.15) is 18.6 Å². The Bertz CT molecular complexity index is 1170. The number of carbonyl (C=O) groups is 2. The highest BCUT2D eigenvalue weighted by atomic mass is 32.1. The van der Waals surface area contributed by atoms with Crippen LogP contribution in [0, 0.1) is 11.8 Å². The number of ether oxygens (including phenoxy) is 2. The number of aliphatic hydroxyl groups is 1. The average molecular weight is 539 g/mol. The summed E-state index contributed by atoms with van der Waals surface area (Å²) in [5.41, 5.74) is 2.64. The third-order valence-corrected chi connectivity index (χ3v) is 8.78. The number of hydrogen-bond acceptors (Lipinski definition) is 6. The second-order valence-electron chi connectivity index (χ2n) is 10.2. The number of carbonyl (C=O) groups excluding carboxylic acids is 2. The fourth-order valence-corrected chi connectivity index (χ4v) is 6.18. The topological polar surface area (TPSA) is 79.3 Å². The second-order valence-corrected chi connectivity index (χ2v) is 11.3. The fourth-order valence-electron chi connectivity index (χ4n) is 5.10. The Balaban J connectivity index is 1.50. The molecule has 2 amide bonds. The molecule has 0 saturated heterocycles. The first-order valence-electron chi connectivity index (χ1n) is 13.3. The molecule has 7 nitrogen and oxygen atoms in total. The van der Waals surface area contributed by atoms with Crippen molar-refractivity contribution in [3.63, 3.8) is 0 Å². The largest absolute Gasteiger partial charge is 0.507 e. The Hall–Kier alpha value is -3.10. The normalized spacial score (nSPS) is 20.4. The van der Waals surface area contributed by atoms with Crippen LogP contribution in [0.1, 0.15) is 61.3 Å². The number of thiophene rings is 1. The van der Waals surface area contributed by atoms with Crippen molar-refractivity contribution in [1.29, 1.82) is 0 Å². The summed E-state index contributed by atoms with van der Waals surface area (Å²) in [6, 6.07) is 11.6. The maximum atomic E-state index is 13.7. The zero-order chi connectivity index (χ0) is 27.2. The highest BCUT2D eigenvalue weighted by Crippen LogP contribution is 2.41. The van der Waals surface area contributed by atoms with Gasteiger partial charge in [0, 0.05) is 31.0 Å². The smallest absolute Gasteiger partial charge is 0.410 e. The van der Waals surface area contributed by atoms with E-state index in [0.717, 1.165) is 41.7 Å². The molecule has 204 valence electrons. The van der Waals surface area contributed by atoms with Crippen LogP contribution >= 0.6 is 11.3 Å². The lowest BCUT2D eigenvalue weighted by molar-refractivity contribution is -0.125. The van der Waals surface area contributed by atoms with E-state index in [9.17, 15) is 14.7 Å². The lowest BCUT2D eigenvalue weighted by atomic mass is 9.82. The van der Waals surface area contributed by atoms with Gasteiger partial charge >= 0.3 is 6.09 Å². The summed E-state index contributed by atoms with van der Waals surface area (Å²) in [4.78, 5) is 31.2. The van der Waals surface area contributed by atoms with Crippen LogP contribution in [-0.4, -0.2) is 48.4 Å². The van der Waals surface area contributed by atoms with Gasteiger partial charge in [0.15, 0.2) is 0 Å². The van der Waals surface area contributed by atoms with Crippen LogP contribution in [0.5, 0.6) is 0 Å². The molecule has 2 heterocycles. The van der Waals surface area contributed by atoms with Gasteiger partial charge in [-0.2, -0.15) is 0 Å². The molecular weight excluding hydrogens is 500 g/mol. The zero-order valence-corrected chi connectivity index (χ0v) is 23.3. The Morgan fingerprint density at radius 1 is 1.21 bits per heavy atom. The van der Waals surface area contributed by atoms with Gasteiger partial charge in [-0.3, -0.25) is 9.69 Å². The van der Waals surface area contributed by atoms with Crippen molar-refractivity contribution in [2.45, 2.75) is 58.8 Å². The first-order chi connectivity index (χ1) is 18.3. The van der Waals surface area contributed by atoms with Crippen LogP contribution in [0.2, 0.25) is 0 Å². The van der Waals surface area contributed by atoms with E-state index in [0.29, 0.717) is 36.0 Å². The Morgan fingerprint density at radius 3 is 2.53 bits per heavy atom. The maximum absolute atomic E-state index is 13.7. The van der Waals surface area contributed by atoms with Gasteiger partial charge in [-0.15, -0.1) is 11.3 Å². The highest BCUT2D eigenvalue weighted by molar-refractivity contribution is 7.14. The lowest BCUT2D eigenvalue weighted by Crippen LogP contribution is -2.44. The van der Waals surface area contributed by atoms with E-state index >= 15 is 0 Å². The number of nitrogens with zero attached hydrogens (tertiary/aromatic N) is 2. The summed E-state index contributed by atoms with van der Waals surface area (Å²) in [6.45, 7) is 9.06. The van der Waals surface area contributed by atoms with Gasteiger partial charge in [0.05, 0.1) is 10.6 Å². The number of anilines is 1. The molecular formula is C30H38N2O5S. The molecule has 1 aromatic carbocycles. The molecule has 0 spiro atoms. The van der Waals surface area contributed by atoms with Gasteiger partial charge in [-0.1, -0.05) is 49.9 Å². The first kappa shape index (κ1) is 27.9. The molecule has 1 saturated carbocycles. The van der Waals surface area contributed by atoms with Gasteiger partial charge in [-0.05, 0) is 62.1 Å². The van der Waals surface area contributed by atoms with Gasteiger partial charge in [-0.25, -0.2) is 4.79 Å². The van der Waals surface area contributed by atoms with Crippen molar-refractivity contribution in [2.75, 3.05) is 25.1 Å². The van der Waals surface area contributed by atoms with Crippen LogP contribution in [0.25, 0.3) is 11.3 Å². The number of benzene rings is 1. The summed E-state index contributed by atoms with van der Waals surface area (Å²) < 4.78 is 11.1. The number of rotatable bonds is 8. The van der Waals surface area contributed by atoms with E-state index in [1.54, 1.807) is 16.9 Å². The van der Waals surface area contributed by atoms with Crippen molar-refractivity contribution in [2.24, 2.45) is 11.8 Å². The maximum Gasteiger partial charge on any atom is 0.410 e. The quantitative estimate of drug-likeness (QED) is 0.294. The standard InChI is InChI=1S/C30H38N2O5S/c1-20-10-12-25(13-11-20)29(34)32(22(3)36-4)26-18-27(38-28(26)21(2)33)24-14-16-31(17-15-24)30(35)37-19-23-8-6-5-7-9-23/h5-9,14,18,20,22,25,33H,2,10-13,15-17,19H2,1,3-4H3. The van der Waals surface area contributed by atoms with Crippen molar-refractivity contribution in [1.82, 2.24) is 4.90 Å². The molecule has 0 radical (unpaired) electrons. The molecule has 1 atom stereocenters. The Labute approximate surface area is 229 Å². The third-order valence-electron chi connectivity index (χ3n) is 7.53. The molecule has 1 fully saturated rings. The molecule has 1 aliphatic heterocycles. The predicted octanol–water partition coefficient (Wildman–Crippen LogP) is 6.85. The molecule has 38 heavy (non-hydrogen) atoms. The zero-order valence-electron chi connectivity index (χ0n) is 22.5. The summed E-state index contributed by atoms with van der Waals surface area (Å²) in [7, 11) is 1.59. The molecule has 8 heteroatoms. The van der Waals surface area contributed by atoms with E-state index in [-0.39, 0.29) is 30.3 Å². The minimum atomic E-state index is -0.488. The number of aliphatic hydroxyl groups excluding tert-OH is 1. The van der Waals surface area contributed by atoms with Crippen LogP contribution in [0.3, 0.4) is 0 Å². The van der Waals surface area contributed by atoms with Crippen LogP contribution in [-0.2, 0) is 20.9 Å². The van der Waals surface area contributed by atoms with Crippen molar-refractivity contribution >= 4 is 40.4 Å². The van der Waals surface area contributed by atoms with E-state index in [1.165, 1.54) is 11.3 Å². The third kappa shape index (κ3) is 6.48. The lowest BCUT2D eigenvalue weighted by Gasteiger charge is -2.34. The average Bonchev–Trinajstić information content (AvgIpc) is 3.38. The van der Waals surface area contributed by atoms with Crippen molar-refractivity contribution < 1.29 is 24.2 Å². The van der Waals surface area contributed by atoms with E-state index in [4.69, 9.17) is 9.47 Å². The van der Waals surface area contributed by atoms with Crippen molar-refractivity contribution in [3.05, 3.63) is 64.4 Å². The van der Waals surface area contributed by atoms with Crippen LogP contribution in [0.4, 0.5) is 10.5 Å². The van der Waals surface area contributed by atoms with Gasteiger partial charge < -0.3 is 19.5 Å². The van der Waals surface area contributed by atoms with Crippen LogP contribution in [0.15, 0.2) is 49.1 Å². The predicted molar refractivity (Wildman–Crippen MR) is 152 cm³/mol. The summed E-state index contributed by atoms with van der Waals surface area (Å²) in [5, 5.41) is 10.5. The minimum absolute atomic E-state index is 0.0306. The molecule has 1 unspecified atom stereocenters. The number of hydrogen-bond donors (Lipinski definition) is 1. The molecule has 0 bridgehead atoms. The van der Waals surface area contributed by atoms with Crippen LogP contribution < -0.4 is 4.90 Å². The Morgan fingerprint density at radius 2 is 1.92 bits per heavy atom. The monoisotopic (exact) mass is 538 g/mol. The summed E-state index contributed by atoms with van der Waals surface area (Å²) >= 11 is 1.41. The molecule has 1 aliphatic carbocycles. The van der Waals surface area contributed by atoms with E-state index in [2.05, 4.69) is 13.5 Å². The summed E-state index contributed by atoms with van der Waals surface area (Å²) in [6.07, 6.45) is 5.63.